The molecule has 1 unspecified atom stereocenters. The molecule has 0 saturated carbocycles. The number of likely N-dealkylation sites (tertiary alicyclic amines) is 1. The maximum atomic E-state index is 5.26. The molecule has 1 saturated heterocycles. The first kappa shape index (κ1) is 16.0. The standard InChI is InChI=1S/C15H25N7O/c1-11-16-14(23-18-11)8-12-6-5-7-21(9-12)10-13-17-19-20-22(13)15(2,3)4/h12H,5-10H2,1-4H3. The van der Waals surface area contributed by atoms with Gasteiger partial charge in [-0.25, -0.2) is 4.68 Å². The maximum Gasteiger partial charge on any atom is 0.226 e. The van der Waals surface area contributed by atoms with Crippen LogP contribution in [-0.2, 0) is 18.5 Å². The van der Waals surface area contributed by atoms with Crippen LogP contribution in [-0.4, -0.2) is 48.3 Å². The van der Waals surface area contributed by atoms with Gasteiger partial charge in [0.1, 0.15) is 0 Å². The van der Waals surface area contributed by atoms with Crippen LogP contribution in [0.4, 0.5) is 0 Å². The summed E-state index contributed by atoms with van der Waals surface area (Å²) in [7, 11) is 0. The van der Waals surface area contributed by atoms with E-state index < -0.39 is 0 Å². The van der Waals surface area contributed by atoms with Crippen LogP contribution < -0.4 is 0 Å². The van der Waals surface area contributed by atoms with Crippen LogP contribution in [0.3, 0.4) is 0 Å². The number of tetrazole rings is 1. The molecule has 0 spiro atoms. The van der Waals surface area contributed by atoms with Crippen molar-refractivity contribution in [1.29, 1.82) is 0 Å². The van der Waals surface area contributed by atoms with Gasteiger partial charge in [-0.3, -0.25) is 4.90 Å². The zero-order chi connectivity index (χ0) is 16.4. The van der Waals surface area contributed by atoms with Gasteiger partial charge in [-0.15, -0.1) is 5.10 Å². The van der Waals surface area contributed by atoms with E-state index in [-0.39, 0.29) is 5.54 Å². The van der Waals surface area contributed by atoms with Crippen molar-refractivity contribution in [2.75, 3.05) is 13.1 Å². The third-order valence-corrected chi connectivity index (χ3v) is 4.17. The minimum Gasteiger partial charge on any atom is -0.339 e. The van der Waals surface area contributed by atoms with Gasteiger partial charge in [0.25, 0.3) is 0 Å². The molecule has 1 aliphatic rings. The van der Waals surface area contributed by atoms with E-state index in [0.29, 0.717) is 11.7 Å². The third kappa shape index (κ3) is 3.93. The second-order valence-corrected chi connectivity index (χ2v) is 7.36. The van der Waals surface area contributed by atoms with E-state index in [2.05, 4.69) is 51.3 Å². The molecule has 0 amide bonds. The summed E-state index contributed by atoms with van der Waals surface area (Å²) < 4.78 is 7.17. The largest absolute Gasteiger partial charge is 0.339 e. The Balaban J connectivity index is 1.62. The first-order valence-electron chi connectivity index (χ1n) is 8.21. The highest BCUT2D eigenvalue weighted by atomic mass is 16.5. The van der Waals surface area contributed by atoms with Gasteiger partial charge in [0.15, 0.2) is 11.6 Å². The quantitative estimate of drug-likeness (QED) is 0.845. The van der Waals surface area contributed by atoms with Gasteiger partial charge >= 0.3 is 0 Å². The number of nitrogens with zero attached hydrogens (tertiary/aromatic N) is 7. The van der Waals surface area contributed by atoms with E-state index in [9.17, 15) is 0 Å². The molecule has 0 aliphatic carbocycles. The average Bonchev–Trinajstić information content (AvgIpc) is 3.08. The Bertz CT molecular complexity index is 642. The van der Waals surface area contributed by atoms with Crippen LogP contribution in [0.2, 0.25) is 0 Å². The van der Waals surface area contributed by atoms with Crippen LogP contribution in [0.15, 0.2) is 4.52 Å². The monoisotopic (exact) mass is 319 g/mol. The second-order valence-electron chi connectivity index (χ2n) is 7.36. The summed E-state index contributed by atoms with van der Waals surface area (Å²) >= 11 is 0. The van der Waals surface area contributed by atoms with E-state index >= 15 is 0 Å². The lowest BCUT2D eigenvalue weighted by Crippen LogP contribution is -2.37. The Labute approximate surface area is 136 Å². The minimum atomic E-state index is -0.102. The lowest BCUT2D eigenvalue weighted by Gasteiger charge is -2.32. The van der Waals surface area contributed by atoms with Crippen LogP contribution in [0.1, 0.15) is 51.2 Å². The maximum absolute atomic E-state index is 5.26. The van der Waals surface area contributed by atoms with Crippen LogP contribution in [0, 0.1) is 12.8 Å². The zero-order valence-corrected chi connectivity index (χ0v) is 14.4. The molecule has 1 fully saturated rings. The van der Waals surface area contributed by atoms with Crippen molar-refractivity contribution in [3.63, 3.8) is 0 Å². The predicted molar refractivity (Wildman–Crippen MR) is 83.6 cm³/mol. The van der Waals surface area contributed by atoms with E-state index in [4.69, 9.17) is 4.52 Å². The average molecular weight is 319 g/mol. The molecule has 8 heteroatoms. The van der Waals surface area contributed by atoms with Crippen molar-refractivity contribution in [2.45, 2.75) is 59.0 Å². The summed E-state index contributed by atoms with van der Waals surface area (Å²) in [6, 6.07) is 0. The molecule has 0 radical (unpaired) electrons. The molecule has 1 atom stereocenters. The number of piperidine rings is 1. The minimum absolute atomic E-state index is 0.102. The van der Waals surface area contributed by atoms with Crippen molar-refractivity contribution in [1.82, 2.24) is 35.2 Å². The zero-order valence-electron chi connectivity index (χ0n) is 14.4. The fourth-order valence-electron chi connectivity index (χ4n) is 3.16. The lowest BCUT2D eigenvalue weighted by molar-refractivity contribution is 0.151. The molecule has 3 heterocycles. The highest BCUT2D eigenvalue weighted by molar-refractivity contribution is 4.91. The normalized spacial score (nSPS) is 20.1. The van der Waals surface area contributed by atoms with E-state index in [0.717, 1.165) is 37.8 Å². The molecule has 0 bridgehead atoms. The molecule has 0 N–H and O–H groups in total. The smallest absolute Gasteiger partial charge is 0.226 e. The molecule has 2 aromatic rings. The first-order valence-corrected chi connectivity index (χ1v) is 8.21. The van der Waals surface area contributed by atoms with E-state index in [1.54, 1.807) is 0 Å². The van der Waals surface area contributed by atoms with Crippen molar-refractivity contribution < 1.29 is 4.52 Å². The number of aryl methyl sites for hydroxylation is 1. The Morgan fingerprint density at radius 3 is 2.83 bits per heavy atom. The molecular weight excluding hydrogens is 294 g/mol. The van der Waals surface area contributed by atoms with E-state index in [1.165, 1.54) is 12.8 Å². The number of hydrogen-bond donors (Lipinski definition) is 0. The predicted octanol–water partition coefficient (Wildman–Crippen LogP) is 1.57. The molecule has 8 nitrogen and oxygen atoms in total. The Morgan fingerprint density at radius 1 is 1.30 bits per heavy atom. The van der Waals surface area contributed by atoms with Gasteiger partial charge in [-0.1, -0.05) is 5.16 Å². The molecule has 0 aromatic carbocycles. The number of aromatic nitrogens is 6. The van der Waals surface area contributed by atoms with Gasteiger partial charge in [0, 0.05) is 13.0 Å². The summed E-state index contributed by atoms with van der Waals surface area (Å²) in [4.78, 5) is 6.74. The molecule has 2 aromatic heterocycles. The van der Waals surface area contributed by atoms with Crippen LogP contribution in [0.25, 0.3) is 0 Å². The first-order chi connectivity index (χ1) is 10.9. The summed E-state index contributed by atoms with van der Waals surface area (Å²) in [6.45, 7) is 11.1. The molecule has 23 heavy (non-hydrogen) atoms. The van der Waals surface area contributed by atoms with Gasteiger partial charge in [-0.05, 0) is 63.4 Å². The highest BCUT2D eigenvalue weighted by Crippen LogP contribution is 2.22. The second kappa shape index (κ2) is 6.35. The van der Waals surface area contributed by atoms with Gasteiger partial charge in [0.05, 0.1) is 12.1 Å². The van der Waals surface area contributed by atoms with Gasteiger partial charge < -0.3 is 4.52 Å². The van der Waals surface area contributed by atoms with E-state index in [1.807, 2.05) is 11.6 Å². The molecule has 126 valence electrons. The topological polar surface area (TPSA) is 85.8 Å². The van der Waals surface area contributed by atoms with Crippen LogP contribution >= 0.6 is 0 Å². The fraction of sp³-hybridized carbons (Fsp3) is 0.800. The number of rotatable bonds is 4. The van der Waals surface area contributed by atoms with Crippen LogP contribution in [0.5, 0.6) is 0 Å². The van der Waals surface area contributed by atoms with Gasteiger partial charge in [-0.2, -0.15) is 4.98 Å². The lowest BCUT2D eigenvalue weighted by atomic mass is 9.95. The van der Waals surface area contributed by atoms with Crippen molar-refractivity contribution in [2.24, 2.45) is 5.92 Å². The third-order valence-electron chi connectivity index (χ3n) is 4.17. The SMILES string of the molecule is Cc1noc(CC2CCCN(Cc3nnnn3C(C)(C)C)C2)n1. The molecule has 1 aliphatic heterocycles. The summed E-state index contributed by atoms with van der Waals surface area (Å²) in [5.74, 6) is 2.92. The van der Waals surface area contributed by atoms with Crippen molar-refractivity contribution in [3.8, 4) is 0 Å². The molecule has 3 rings (SSSR count). The summed E-state index contributed by atoms with van der Waals surface area (Å²) in [6.07, 6.45) is 3.22. The Morgan fingerprint density at radius 2 is 2.13 bits per heavy atom. The van der Waals surface area contributed by atoms with Crippen molar-refractivity contribution >= 4 is 0 Å². The highest BCUT2D eigenvalue weighted by Gasteiger charge is 2.26. The Kier molecular flexibility index (Phi) is 4.43. The Hall–Kier alpha value is -1.83. The fourth-order valence-corrected chi connectivity index (χ4v) is 3.16. The molecular formula is C15H25N7O. The summed E-state index contributed by atoms with van der Waals surface area (Å²) in [5, 5.41) is 16.1. The van der Waals surface area contributed by atoms with Gasteiger partial charge in [0.2, 0.25) is 5.89 Å². The summed E-state index contributed by atoms with van der Waals surface area (Å²) in [5.41, 5.74) is -0.102. The number of hydrogen-bond acceptors (Lipinski definition) is 7. The van der Waals surface area contributed by atoms with Crippen molar-refractivity contribution in [3.05, 3.63) is 17.5 Å².